The Bertz CT molecular complexity index is 493. The summed E-state index contributed by atoms with van der Waals surface area (Å²) >= 11 is 3.44. The zero-order valence-corrected chi connectivity index (χ0v) is 12.4. The van der Waals surface area contributed by atoms with E-state index in [1.165, 1.54) is 0 Å². The number of methoxy groups -OCH3 is 1. The number of morpholine rings is 1. The molecule has 2 fully saturated rings. The molecule has 2 aliphatic rings. The summed E-state index contributed by atoms with van der Waals surface area (Å²) in [4.78, 5) is 14.5. The maximum Gasteiger partial charge on any atom is 0.255 e. The van der Waals surface area contributed by atoms with Crippen molar-refractivity contribution in [3.8, 4) is 5.75 Å². The van der Waals surface area contributed by atoms with Crippen LogP contribution in [-0.2, 0) is 4.74 Å². The fourth-order valence-electron chi connectivity index (χ4n) is 2.75. The number of fused-ring (bicyclic) bond motifs is 2. The molecule has 0 radical (unpaired) electrons. The van der Waals surface area contributed by atoms with Gasteiger partial charge in [-0.3, -0.25) is 4.79 Å². The number of nitrogens with zero attached hydrogens (tertiary/aromatic N) is 1. The van der Waals surface area contributed by atoms with E-state index in [4.69, 9.17) is 9.47 Å². The van der Waals surface area contributed by atoms with E-state index in [1.807, 2.05) is 17.0 Å². The maximum absolute atomic E-state index is 12.6. The number of likely N-dealkylation sites (tertiary alicyclic amines) is 1. The molecule has 0 saturated carbocycles. The second-order valence-electron chi connectivity index (χ2n) is 5.01. The standard InChI is InChI=1S/C14H16BrNO3/c1-18-9-4-5-13(15)12(6-9)14(17)16-7-10-2-3-11(8-16)19-10/h4-6,10-11H,2-3,7-8H2,1H3. The highest BCUT2D eigenvalue weighted by atomic mass is 79.9. The van der Waals surface area contributed by atoms with Gasteiger partial charge in [0, 0.05) is 17.6 Å². The number of carbonyl (C=O) groups is 1. The summed E-state index contributed by atoms with van der Waals surface area (Å²) in [6, 6.07) is 5.47. The van der Waals surface area contributed by atoms with Crippen LogP contribution < -0.4 is 4.74 Å². The van der Waals surface area contributed by atoms with Crippen molar-refractivity contribution in [2.45, 2.75) is 25.0 Å². The number of hydrogen-bond donors (Lipinski definition) is 0. The van der Waals surface area contributed by atoms with Gasteiger partial charge in [0.2, 0.25) is 0 Å². The summed E-state index contributed by atoms with van der Waals surface area (Å²) in [5.74, 6) is 0.744. The predicted octanol–water partition coefficient (Wildman–Crippen LogP) is 2.46. The minimum atomic E-state index is 0.0472. The molecule has 2 bridgehead atoms. The monoisotopic (exact) mass is 325 g/mol. The van der Waals surface area contributed by atoms with Crippen LogP contribution in [0.2, 0.25) is 0 Å². The molecule has 3 rings (SSSR count). The van der Waals surface area contributed by atoms with Gasteiger partial charge in [-0.15, -0.1) is 0 Å². The first-order chi connectivity index (χ1) is 9.17. The lowest BCUT2D eigenvalue weighted by molar-refractivity contribution is -0.0303. The molecule has 2 unspecified atom stereocenters. The number of hydrogen-bond acceptors (Lipinski definition) is 3. The van der Waals surface area contributed by atoms with Gasteiger partial charge in [-0.25, -0.2) is 0 Å². The Morgan fingerprint density at radius 3 is 2.68 bits per heavy atom. The molecule has 0 spiro atoms. The van der Waals surface area contributed by atoms with Gasteiger partial charge in [0.05, 0.1) is 24.9 Å². The summed E-state index contributed by atoms with van der Waals surface area (Å²) in [6.45, 7) is 1.39. The number of amides is 1. The van der Waals surface area contributed by atoms with Crippen molar-refractivity contribution in [1.82, 2.24) is 4.90 Å². The van der Waals surface area contributed by atoms with E-state index in [2.05, 4.69) is 15.9 Å². The van der Waals surface area contributed by atoms with Crippen LogP contribution >= 0.6 is 15.9 Å². The van der Waals surface area contributed by atoms with Crippen molar-refractivity contribution in [3.05, 3.63) is 28.2 Å². The zero-order valence-electron chi connectivity index (χ0n) is 10.8. The Labute approximate surface area is 120 Å². The highest BCUT2D eigenvalue weighted by molar-refractivity contribution is 9.10. The highest BCUT2D eigenvalue weighted by Gasteiger charge is 2.36. The van der Waals surface area contributed by atoms with E-state index >= 15 is 0 Å². The largest absolute Gasteiger partial charge is 0.497 e. The van der Waals surface area contributed by atoms with Gasteiger partial charge in [0.15, 0.2) is 0 Å². The smallest absolute Gasteiger partial charge is 0.255 e. The van der Waals surface area contributed by atoms with Crippen LogP contribution in [0.5, 0.6) is 5.75 Å². The molecule has 1 aromatic carbocycles. The van der Waals surface area contributed by atoms with Crippen LogP contribution in [0.25, 0.3) is 0 Å². The zero-order chi connectivity index (χ0) is 13.4. The lowest BCUT2D eigenvalue weighted by Crippen LogP contribution is -2.45. The van der Waals surface area contributed by atoms with Crippen molar-refractivity contribution in [3.63, 3.8) is 0 Å². The van der Waals surface area contributed by atoms with E-state index < -0.39 is 0 Å². The molecule has 2 atom stereocenters. The van der Waals surface area contributed by atoms with Gasteiger partial charge in [-0.2, -0.15) is 0 Å². The lowest BCUT2D eigenvalue weighted by Gasteiger charge is -2.32. The van der Waals surface area contributed by atoms with E-state index in [0.717, 1.165) is 17.3 Å². The third-order valence-corrected chi connectivity index (χ3v) is 4.43. The van der Waals surface area contributed by atoms with Crippen LogP contribution in [-0.4, -0.2) is 43.2 Å². The summed E-state index contributed by atoms with van der Waals surface area (Å²) < 4.78 is 11.7. The lowest BCUT2D eigenvalue weighted by atomic mass is 10.1. The van der Waals surface area contributed by atoms with Crippen LogP contribution in [0.15, 0.2) is 22.7 Å². The van der Waals surface area contributed by atoms with Crippen LogP contribution in [0, 0.1) is 0 Å². The van der Waals surface area contributed by atoms with E-state index in [-0.39, 0.29) is 18.1 Å². The third-order valence-electron chi connectivity index (χ3n) is 3.73. The number of benzene rings is 1. The molecule has 4 nitrogen and oxygen atoms in total. The van der Waals surface area contributed by atoms with Crippen molar-refractivity contribution >= 4 is 21.8 Å². The average molecular weight is 326 g/mol. The van der Waals surface area contributed by atoms with E-state index in [1.54, 1.807) is 13.2 Å². The molecular weight excluding hydrogens is 310 g/mol. The Kier molecular flexibility index (Phi) is 3.50. The topological polar surface area (TPSA) is 38.8 Å². The molecule has 19 heavy (non-hydrogen) atoms. The molecule has 2 saturated heterocycles. The van der Waals surface area contributed by atoms with Gasteiger partial charge >= 0.3 is 0 Å². The average Bonchev–Trinajstić information content (AvgIpc) is 2.77. The Morgan fingerprint density at radius 2 is 2.05 bits per heavy atom. The van der Waals surface area contributed by atoms with Gasteiger partial charge in [0.1, 0.15) is 5.75 Å². The minimum Gasteiger partial charge on any atom is -0.497 e. The van der Waals surface area contributed by atoms with Gasteiger partial charge < -0.3 is 14.4 Å². The number of carbonyl (C=O) groups excluding carboxylic acids is 1. The maximum atomic E-state index is 12.6. The Balaban J connectivity index is 1.83. The molecule has 1 aromatic rings. The molecule has 5 heteroatoms. The summed E-state index contributed by atoms with van der Waals surface area (Å²) in [5, 5.41) is 0. The first-order valence-corrected chi connectivity index (χ1v) is 7.25. The SMILES string of the molecule is COc1ccc(Br)c(C(=O)N2CC3CCC(C2)O3)c1. The van der Waals surface area contributed by atoms with Crippen molar-refractivity contribution < 1.29 is 14.3 Å². The van der Waals surface area contributed by atoms with Crippen LogP contribution in [0.3, 0.4) is 0 Å². The second-order valence-corrected chi connectivity index (χ2v) is 5.87. The number of rotatable bonds is 2. The Hall–Kier alpha value is -1.07. The van der Waals surface area contributed by atoms with Gasteiger partial charge in [0.25, 0.3) is 5.91 Å². The second kappa shape index (κ2) is 5.13. The van der Waals surface area contributed by atoms with Crippen molar-refractivity contribution in [2.24, 2.45) is 0 Å². The Morgan fingerprint density at radius 1 is 1.37 bits per heavy atom. The summed E-state index contributed by atoms with van der Waals surface area (Å²) in [6.07, 6.45) is 2.56. The quantitative estimate of drug-likeness (QED) is 0.838. The van der Waals surface area contributed by atoms with E-state index in [0.29, 0.717) is 24.4 Å². The third kappa shape index (κ3) is 2.49. The first kappa shape index (κ1) is 12.9. The van der Waals surface area contributed by atoms with Crippen molar-refractivity contribution in [2.75, 3.05) is 20.2 Å². The molecular formula is C14H16BrNO3. The summed E-state index contributed by atoms with van der Waals surface area (Å²) in [5.41, 5.74) is 0.653. The fraction of sp³-hybridized carbons (Fsp3) is 0.500. The van der Waals surface area contributed by atoms with Crippen LogP contribution in [0.4, 0.5) is 0 Å². The minimum absolute atomic E-state index is 0.0472. The fourth-order valence-corrected chi connectivity index (χ4v) is 3.16. The molecule has 0 aromatic heterocycles. The molecule has 2 aliphatic heterocycles. The van der Waals surface area contributed by atoms with Crippen LogP contribution in [0.1, 0.15) is 23.2 Å². The molecule has 102 valence electrons. The highest BCUT2D eigenvalue weighted by Crippen LogP contribution is 2.29. The molecule has 0 N–H and O–H groups in total. The number of ether oxygens (including phenoxy) is 2. The molecule has 1 amide bonds. The molecule has 2 heterocycles. The van der Waals surface area contributed by atoms with Gasteiger partial charge in [-0.1, -0.05) is 0 Å². The molecule has 0 aliphatic carbocycles. The normalized spacial score (nSPS) is 25.5. The predicted molar refractivity (Wildman–Crippen MR) is 74.5 cm³/mol. The first-order valence-electron chi connectivity index (χ1n) is 6.45. The van der Waals surface area contributed by atoms with E-state index in [9.17, 15) is 4.79 Å². The van der Waals surface area contributed by atoms with Crippen molar-refractivity contribution in [1.29, 1.82) is 0 Å². The summed E-state index contributed by atoms with van der Waals surface area (Å²) in [7, 11) is 1.60. The van der Waals surface area contributed by atoms with Gasteiger partial charge in [-0.05, 0) is 47.0 Å². The number of halogens is 1.